The number of hydrogen-bond acceptors (Lipinski definition) is 5. The monoisotopic (exact) mass is 502 g/mol. The summed E-state index contributed by atoms with van der Waals surface area (Å²) in [7, 11) is 0. The summed E-state index contributed by atoms with van der Waals surface area (Å²) in [5, 5.41) is 42.3. The van der Waals surface area contributed by atoms with Crippen LogP contribution in [0.2, 0.25) is 0 Å². The first-order valence-electron chi connectivity index (χ1n) is 14.1. The van der Waals surface area contributed by atoms with E-state index >= 15 is 0 Å². The Kier molecular flexibility index (Phi) is 5.95. The molecule has 6 heteroatoms. The number of rotatable bonds is 2. The highest BCUT2D eigenvalue weighted by Gasteiger charge is 2.66. The smallest absolute Gasteiger partial charge is 0.312 e. The fourth-order valence-electron chi connectivity index (χ4n) is 10.9. The summed E-state index contributed by atoms with van der Waals surface area (Å²) in [6, 6.07) is 0. The minimum Gasteiger partial charge on any atom is -0.481 e. The number of allylic oxidation sites excluding steroid dienone is 2. The Morgan fingerprint density at radius 3 is 2.17 bits per heavy atom. The van der Waals surface area contributed by atoms with Gasteiger partial charge in [0, 0.05) is 11.3 Å². The first-order chi connectivity index (χ1) is 16.7. The molecule has 0 aromatic rings. The van der Waals surface area contributed by atoms with Gasteiger partial charge in [-0.3, -0.25) is 9.59 Å². The van der Waals surface area contributed by atoms with Gasteiger partial charge in [-0.25, -0.2) is 0 Å². The summed E-state index contributed by atoms with van der Waals surface area (Å²) >= 11 is 0. The Labute approximate surface area is 215 Å². The van der Waals surface area contributed by atoms with Crippen molar-refractivity contribution in [2.45, 2.75) is 105 Å². The SMILES string of the molecule is C[C@@]12CC[C@@H]3[C@](C)(CC[C@H](O)[C@]3(C)C(=O)O)[C@H]1CC[C@H]1C(=CC(=O)[C@@H]3[C@]1(C)CC[C@@H](O)[C@]3(C)CO)C2. The van der Waals surface area contributed by atoms with Gasteiger partial charge in [0.1, 0.15) is 0 Å². The van der Waals surface area contributed by atoms with E-state index < -0.39 is 34.9 Å². The fourth-order valence-corrected chi connectivity index (χ4v) is 10.9. The minimum absolute atomic E-state index is 0.0223. The molecule has 0 aliphatic heterocycles. The summed E-state index contributed by atoms with van der Waals surface area (Å²) in [5.74, 6) is -0.764. The van der Waals surface area contributed by atoms with Crippen molar-refractivity contribution in [2.75, 3.05) is 6.61 Å². The van der Waals surface area contributed by atoms with Crippen LogP contribution in [0.15, 0.2) is 11.6 Å². The zero-order valence-corrected chi connectivity index (χ0v) is 22.7. The molecule has 0 heterocycles. The van der Waals surface area contributed by atoms with Gasteiger partial charge < -0.3 is 20.4 Å². The third-order valence-electron chi connectivity index (χ3n) is 12.9. The lowest BCUT2D eigenvalue weighted by atomic mass is 9.41. The second-order valence-electron chi connectivity index (χ2n) is 14.5. The number of fused-ring (bicyclic) bond motifs is 6. The molecule has 4 saturated carbocycles. The van der Waals surface area contributed by atoms with Crippen LogP contribution in [0.5, 0.6) is 0 Å². The van der Waals surface area contributed by atoms with Gasteiger partial charge >= 0.3 is 5.97 Å². The Hall–Kier alpha value is -1.24. The van der Waals surface area contributed by atoms with Crippen molar-refractivity contribution in [2.24, 2.45) is 50.7 Å². The highest BCUT2D eigenvalue weighted by molar-refractivity contribution is 5.95. The average Bonchev–Trinajstić information content (AvgIpc) is 2.96. The van der Waals surface area contributed by atoms with Gasteiger partial charge in [0.05, 0.1) is 24.2 Å². The molecule has 0 unspecified atom stereocenters. The molecule has 0 radical (unpaired) electrons. The van der Waals surface area contributed by atoms with Crippen molar-refractivity contribution < 1.29 is 30.0 Å². The molecular formula is C30H46O6. The summed E-state index contributed by atoms with van der Waals surface area (Å²) in [4.78, 5) is 26.2. The van der Waals surface area contributed by atoms with Gasteiger partial charge in [-0.15, -0.1) is 0 Å². The molecule has 0 saturated heterocycles. The van der Waals surface area contributed by atoms with E-state index in [1.807, 2.05) is 13.0 Å². The highest BCUT2D eigenvalue weighted by atomic mass is 16.4. The van der Waals surface area contributed by atoms with E-state index in [1.165, 1.54) is 5.57 Å². The van der Waals surface area contributed by atoms with Crippen LogP contribution in [-0.4, -0.2) is 51.0 Å². The van der Waals surface area contributed by atoms with Gasteiger partial charge in [0.2, 0.25) is 0 Å². The average molecular weight is 503 g/mol. The summed E-state index contributed by atoms with van der Waals surface area (Å²) < 4.78 is 0. The maximum atomic E-state index is 13.7. The number of ketones is 1. The van der Waals surface area contributed by atoms with Crippen LogP contribution in [0, 0.1) is 50.7 Å². The van der Waals surface area contributed by atoms with E-state index in [1.54, 1.807) is 6.92 Å². The van der Waals surface area contributed by atoms with E-state index in [-0.39, 0.29) is 40.5 Å². The highest BCUT2D eigenvalue weighted by Crippen LogP contribution is 2.70. The second-order valence-corrected chi connectivity index (χ2v) is 14.5. The predicted molar refractivity (Wildman–Crippen MR) is 136 cm³/mol. The molecule has 0 spiro atoms. The number of carboxylic acid groups (broad SMARTS) is 1. The first-order valence-corrected chi connectivity index (χ1v) is 14.1. The lowest BCUT2D eigenvalue weighted by Gasteiger charge is -2.63. The quantitative estimate of drug-likeness (QED) is 0.446. The molecule has 0 aromatic heterocycles. The van der Waals surface area contributed by atoms with E-state index in [0.717, 1.165) is 44.9 Å². The van der Waals surface area contributed by atoms with Crippen molar-refractivity contribution in [3.8, 4) is 0 Å². The van der Waals surface area contributed by atoms with E-state index in [4.69, 9.17) is 0 Å². The lowest BCUT2D eigenvalue weighted by Crippen LogP contribution is -2.61. The molecule has 0 aromatic carbocycles. The van der Waals surface area contributed by atoms with Crippen molar-refractivity contribution in [3.05, 3.63) is 11.6 Å². The number of carbonyl (C=O) groups excluding carboxylic acids is 1. The van der Waals surface area contributed by atoms with E-state index in [0.29, 0.717) is 18.8 Å². The fraction of sp³-hybridized carbons (Fsp3) is 0.867. The van der Waals surface area contributed by atoms with Gasteiger partial charge in [-0.05, 0) is 105 Å². The number of hydrogen-bond donors (Lipinski definition) is 4. The van der Waals surface area contributed by atoms with Crippen LogP contribution < -0.4 is 0 Å². The molecular weight excluding hydrogens is 456 g/mol. The predicted octanol–water partition coefficient (Wildman–Crippen LogP) is 4.36. The molecule has 5 aliphatic rings. The molecule has 6 nitrogen and oxygen atoms in total. The van der Waals surface area contributed by atoms with Gasteiger partial charge in [0.25, 0.3) is 0 Å². The maximum Gasteiger partial charge on any atom is 0.312 e. The molecule has 0 bridgehead atoms. The van der Waals surface area contributed by atoms with Crippen LogP contribution >= 0.6 is 0 Å². The van der Waals surface area contributed by atoms with E-state index in [9.17, 15) is 30.0 Å². The second kappa shape index (κ2) is 8.13. The molecule has 4 fully saturated rings. The van der Waals surface area contributed by atoms with Gasteiger partial charge in [0.15, 0.2) is 5.78 Å². The van der Waals surface area contributed by atoms with Crippen molar-refractivity contribution in [1.29, 1.82) is 0 Å². The number of aliphatic hydroxyl groups excluding tert-OH is 3. The zero-order chi connectivity index (χ0) is 26.5. The van der Waals surface area contributed by atoms with Gasteiger partial charge in [-0.2, -0.15) is 0 Å². The van der Waals surface area contributed by atoms with Crippen LogP contribution in [0.1, 0.15) is 92.4 Å². The minimum atomic E-state index is -1.14. The van der Waals surface area contributed by atoms with E-state index in [2.05, 4.69) is 20.8 Å². The Bertz CT molecular complexity index is 990. The normalized spacial score (nSPS) is 54.8. The standard InChI is InChI=1S/C30H46O6/c1-26-11-8-21-28(3,13-10-23(34)30(21,5)25(35)36)20(26)7-6-18-17(15-26)14-19(32)24-27(18,2)12-9-22(33)29(24,4)16-31/h14,18,20-24,31,33-34H,6-13,15-16H2,1-5H3,(H,35,36)/t18-,20-,21+,22+,23-,24+,26-,27+,28+,29-,30+/m0/s1. The number of aliphatic hydroxyl groups is 3. The first kappa shape index (κ1) is 26.4. The van der Waals surface area contributed by atoms with Crippen molar-refractivity contribution in [3.63, 3.8) is 0 Å². The third kappa shape index (κ3) is 3.19. The summed E-state index contributed by atoms with van der Waals surface area (Å²) in [5.41, 5.74) is -1.25. The topological polar surface area (TPSA) is 115 Å². The lowest BCUT2D eigenvalue weighted by molar-refractivity contribution is -0.199. The van der Waals surface area contributed by atoms with Crippen LogP contribution in [0.4, 0.5) is 0 Å². The Morgan fingerprint density at radius 2 is 1.53 bits per heavy atom. The summed E-state index contributed by atoms with van der Waals surface area (Å²) in [6.45, 7) is 10.3. The molecule has 202 valence electrons. The molecule has 4 N–H and O–H groups in total. The van der Waals surface area contributed by atoms with Crippen molar-refractivity contribution in [1.82, 2.24) is 0 Å². The van der Waals surface area contributed by atoms with Crippen LogP contribution in [0.25, 0.3) is 0 Å². The zero-order valence-electron chi connectivity index (χ0n) is 22.7. The largest absolute Gasteiger partial charge is 0.481 e. The van der Waals surface area contributed by atoms with Crippen LogP contribution in [-0.2, 0) is 9.59 Å². The molecule has 5 rings (SSSR count). The Balaban J connectivity index is 1.55. The number of carboxylic acids is 1. The molecule has 0 amide bonds. The molecule has 36 heavy (non-hydrogen) atoms. The molecule has 5 aliphatic carbocycles. The third-order valence-corrected chi connectivity index (χ3v) is 12.9. The number of carbonyl (C=O) groups is 2. The molecule has 11 atom stereocenters. The summed E-state index contributed by atoms with van der Waals surface area (Å²) in [6.07, 6.45) is 7.53. The maximum absolute atomic E-state index is 13.7. The van der Waals surface area contributed by atoms with Crippen molar-refractivity contribution >= 4 is 11.8 Å². The number of aliphatic carboxylic acids is 1. The van der Waals surface area contributed by atoms with Crippen LogP contribution in [0.3, 0.4) is 0 Å². The Morgan fingerprint density at radius 1 is 0.889 bits per heavy atom. The van der Waals surface area contributed by atoms with Gasteiger partial charge in [-0.1, -0.05) is 33.3 Å².